The van der Waals surface area contributed by atoms with E-state index in [1.165, 1.54) is 16.2 Å². The van der Waals surface area contributed by atoms with Crippen LogP contribution in [-0.2, 0) is 0 Å². The Morgan fingerprint density at radius 3 is 1.80 bits per heavy atom. The lowest BCUT2D eigenvalue weighted by Gasteiger charge is -2.15. The Bertz CT molecular complexity index is 2440. The maximum atomic E-state index is 6.76. The fraction of sp³-hybridized carbons (Fsp3) is 0. The third-order valence-corrected chi connectivity index (χ3v) is 8.25. The highest BCUT2D eigenvalue weighted by atomic mass is 16.3. The fourth-order valence-corrected chi connectivity index (χ4v) is 6.50. The molecule has 0 saturated carbocycles. The summed E-state index contributed by atoms with van der Waals surface area (Å²) in [5.41, 5.74) is 8.07. The molecule has 0 atom stereocenters. The highest BCUT2D eigenvalue weighted by molar-refractivity contribution is 6.28. The first kappa shape index (κ1) is 21.6. The summed E-state index contributed by atoms with van der Waals surface area (Å²) in [5.74, 6) is 0. The van der Waals surface area contributed by atoms with Gasteiger partial charge < -0.3 is 8.83 Å². The molecule has 0 aliphatic heterocycles. The molecule has 0 bridgehead atoms. The second-order valence-electron chi connectivity index (χ2n) is 10.4. The highest BCUT2D eigenvalue weighted by Crippen LogP contribution is 2.49. The zero-order valence-corrected chi connectivity index (χ0v) is 21.5. The highest BCUT2D eigenvalue weighted by Gasteiger charge is 2.24. The zero-order valence-electron chi connectivity index (χ0n) is 21.5. The number of para-hydroxylation sites is 3. The monoisotopic (exact) mass is 510 g/mol. The van der Waals surface area contributed by atoms with Crippen LogP contribution in [0.3, 0.4) is 0 Å². The molecule has 0 N–H and O–H groups in total. The Hall–Kier alpha value is -5.34. The van der Waals surface area contributed by atoms with E-state index < -0.39 is 0 Å². The van der Waals surface area contributed by atoms with Crippen LogP contribution in [-0.4, -0.2) is 0 Å². The number of benzene rings is 7. The SMILES string of the molecule is c1ccc2cc(-c3c4ccccc4c(-c4cccc5c4oc4ccccc45)c4c3oc3ccccc34)ccc2c1. The van der Waals surface area contributed by atoms with E-state index in [0.717, 1.165) is 71.5 Å². The molecule has 2 nitrogen and oxygen atoms in total. The van der Waals surface area contributed by atoms with Crippen LogP contribution >= 0.6 is 0 Å². The summed E-state index contributed by atoms with van der Waals surface area (Å²) in [6.45, 7) is 0. The summed E-state index contributed by atoms with van der Waals surface area (Å²) < 4.78 is 13.3. The molecule has 9 rings (SSSR count). The molecule has 0 fully saturated rings. The van der Waals surface area contributed by atoms with Crippen LogP contribution < -0.4 is 0 Å². The Morgan fingerprint density at radius 2 is 0.975 bits per heavy atom. The lowest BCUT2D eigenvalue weighted by Crippen LogP contribution is -1.89. The Morgan fingerprint density at radius 1 is 0.375 bits per heavy atom. The normalized spacial score (nSPS) is 12.0. The molecule has 2 heterocycles. The van der Waals surface area contributed by atoms with Gasteiger partial charge in [0.2, 0.25) is 0 Å². The van der Waals surface area contributed by atoms with Crippen molar-refractivity contribution in [3.8, 4) is 22.3 Å². The first-order chi connectivity index (χ1) is 19.8. The lowest BCUT2D eigenvalue weighted by atomic mass is 9.87. The van der Waals surface area contributed by atoms with Crippen LogP contribution in [0.5, 0.6) is 0 Å². The number of fused-ring (bicyclic) bond motifs is 8. The van der Waals surface area contributed by atoms with Crippen molar-refractivity contribution in [3.63, 3.8) is 0 Å². The van der Waals surface area contributed by atoms with Crippen molar-refractivity contribution >= 4 is 65.4 Å². The third kappa shape index (κ3) is 2.93. The Kier molecular flexibility index (Phi) is 4.36. The standard InChI is InChI=1S/C38H22O2/c1-2-11-24-22-25(21-20-23(24)10-1)34-27-13-3-4-14-28(27)35(36-30-15-6-8-19-33(30)40-38(34)36)31-17-9-16-29-26-12-5-7-18-32(26)39-37(29)31/h1-22H. The van der Waals surface area contributed by atoms with E-state index >= 15 is 0 Å². The van der Waals surface area contributed by atoms with Crippen LogP contribution in [0.15, 0.2) is 142 Å². The van der Waals surface area contributed by atoms with Crippen LogP contribution in [0.2, 0.25) is 0 Å². The van der Waals surface area contributed by atoms with E-state index in [4.69, 9.17) is 8.83 Å². The molecular weight excluding hydrogens is 488 g/mol. The summed E-state index contributed by atoms with van der Waals surface area (Å²) in [4.78, 5) is 0. The predicted octanol–water partition coefficient (Wildman–Crippen LogP) is 11.1. The first-order valence-electron chi connectivity index (χ1n) is 13.6. The van der Waals surface area contributed by atoms with Crippen molar-refractivity contribution in [3.05, 3.63) is 133 Å². The average Bonchev–Trinajstić information content (AvgIpc) is 3.58. The van der Waals surface area contributed by atoms with Gasteiger partial charge in [-0.1, -0.05) is 115 Å². The summed E-state index contributed by atoms with van der Waals surface area (Å²) in [6, 6.07) is 47.0. The molecule has 40 heavy (non-hydrogen) atoms. The second kappa shape index (κ2) is 8.08. The largest absolute Gasteiger partial charge is 0.455 e. The van der Waals surface area contributed by atoms with Gasteiger partial charge in [-0.2, -0.15) is 0 Å². The van der Waals surface area contributed by atoms with Crippen LogP contribution in [0, 0.1) is 0 Å². The molecule has 7 aromatic carbocycles. The van der Waals surface area contributed by atoms with Gasteiger partial charge in [0.1, 0.15) is 22.3 Å². The Balaban J connectivity index is 1.50. The maximum Gasteiger partial charge on any atom is 0.144 e. The van der Waals surface area contributed by atoms with E-state index in [1.54, 1.807) is 0 Å². The molecule has 0 aliphatic rings. The van der Waals surface area contributed by atoms with Gasteiger partial charge in [-0.25, -0.2) is 0 Å². The van der Waals surface area contributed by atoms with Crippen LogP contribution in [0.1, 0.15) is 0 Å². The number of rotatable bonds is 2. The molecule has 0 spiro atoms. The van der Waals surface area contributed by atoms with E-state index in [2.05, 4.69) is 115 Å². The van der Waals surface area contributed by atoms with Gasteiger partial charge in [0.25, 0.3) is 0 Å². The van der Waals surface area contributed by atoms with Crippen LogP contribution in [0.4, 0.5) is 0 Å². The van der Waals surface area contributed by atoms with Crippen molar-refractivity contribution in [1.82, 2.24) is 0 Å². The van der Waals surface area contributed by atoms with Gasteiger partial charge in [-0.3, -0.25) is 0 Å². The van der Waals surface area contributed by atoms with Crippen molar-refractivity contribution in [2.24, 2.45) is 0 Å². The quantitative estimate of drug-likeness (QED) is 0.231. The molecule has 2 aromatic heterocycles. The summed E-state index contributed by atoms with van der Waals surface area (Å²) in [5, 5.41) is 9.25. The minimum atomic E-state index is 0.882. The van der Waals surface area contributed by atoms with Gasteiger partial charge in [0.05, 0.1) is 0 Å². The van der Waals surface area contributed by atoms with Crippen molar-refractivity contribution in [1.29, 1.82) is 0 Å². The molecule has 0 unspecified atom stereocenters. The predicted molar refractivity (Wildman–Crippen MR) is 167 cm³/mol. The molecular formula is C38H22O2. The van der Waals surface area contributed by atoms with E-state index in [0.29, 0.717) is 0 Å². The zero-order chi connectivity index (χ0) is 26.2. The van der Waals surface area contributed by atoms with Gasteiger partial charge >= 0.3 is 0 Å². The van der Waals surface area contributed by atoms with Gasteiger partial charge in [0, 0.05) is 38.2 Å². The third-order valence-electron chi connectivity index (χ3n) is 8.25. The van der Waals surface area contributed by atoms with E-state index in [-0.39, 0.29) is 0 Å². The molecule has 0 radical (unpaired) electrons. The van der Waals surface area contributed by atoms with Crippen molar-refractivity contribution in [2.45, 2.75) is 0 Å². The molecule has 0 aliphatic carbocycles. The second-order valence-corrected chi connectivity index (χ2v) is 10.4. The maximum absolute atomic E-state index is 6.76. The number of hydrogen-bond acceptors (Lipinski definition) is 2. The topological polar surface area (TPSA) is 26.3 Å². The minimum Gasteiger partial charge on any atom is -0.455 e. The number of furan rings is 2. The smallest absolute Gasteiger partial charge is 0.144 e. The van der Waals surface area contributed by atoms with Crippen LogP contribution in [0.25, 0.3) is 87.7 Å². The molecule has 9 aromatic rings. The average molecular weight is 511 g/mol. The first-order valence-corrected chi connectivity index (χ1v) is 13.6. The lowest BCUT2D eigenvalue weighted by molar-refractivity contribution is 0.669. The molecule has 0 saturated heterocycles. The molecule has 2 heteroatoms. The minimum absolute atomic E-state index is 0.882. The number of hydrogen-bond donors (Lipinski definition) is 0. The molecule has 0 amide bonds. The van der Waals surface area contributed by atoms with Gasteiger partial charge in [-0.05, 0) is 45.3 Å². The van der Waals surface area contributed by atoms with Crippen molar-refractivity contribution < 1.29 is 8.83 Å². The van der Waals surface area contributed by atoms with Crippen molar-refractivity contribution in [2.75, 3.05) is 0 Å². The van der Waals surface area contributed by atoms with Gasteiger partial charge in [-0.15, -0.1) is 0 Å². The summed E-state index contributed by atoms with van der Waals surface area (Å²) in [7, 11) is 0. The van der Waals surface area contributed by atoms with E-state index in [1.807, 2.05) is 18.2 Å². The summed E-state index contributed by atoms with van der Waals surface area (Å²) >= 11 is 0. The molecule has 186 valence electrons. The van der Waals surface area contributed by atoms with Gasteiger partial charge in [0.15, 0.2) is 0 Å². The fourth-order valence-electron chi connectivity index (χ4n) is 6.50. The van der Waals surface area contributed by atoms with E-state index in [9.17, 15) is 0 Å². The summed E-state index contributed by atoms with van der Waals surface area (Å²) in [6.07, 6.45) is 0. The Labute approximate surface area is 229 Å².